The van der Waals surface area contributed by atoms with Gasteiger partial charge in [-0.25, -0.2) is 0 Å². The van der Waals surface area contributed by atoms with Crippen molar-refractivity contribution in [1.29, 1.82) is 0 Å². The molecule has 0 spiro atoms. The van der Waals surface area contributed by atoms with Gasteiger partial charge in [0.2, 0.25) is 0 Å². The van der Waals surface area contributed by atoms with Crippen LogP contribution in [-0.4, -0.2) is 22.7 Å². The van der Waals surface area contributed by atoms with Crippen molar-refractivity contribution in [2.75, 3.05) is 6.54 Å². The second-order valence-corrected chi connectivity index (χ2v) is 5.68. The zero-order chi connectivity index (χ0) is 13.8. The molecule has 3 N–H and O–H groups in total. The minimum atomic E-state index is -0.420. The Morgan fingerprint density at radius 2 is 2.05 bits per heavy atom. The number of nitrogens with one attached hydrogen (secondary N) is 1. The molecule has 1 aromatic heterocycles. The lowest BCUT2D eigenvalue weighted by atomic mass is 10.1. The van der Waals surface area contributed by atoms with Gasteiger partial charge in [0.1, 0.15) is 0 Å². The van der Waals surface area contributed by atoms with Gasteiger partial charge in [-0.05, 0) is 30.7 Å². The van der Waals surface area contributed by atoms with Crippen molar-refractivity contribution in [3.63, 3.8) is 0 Å². The van der Waals surface area contributed by atoms with E-state index in [1.54, 1.807) is 0 Å². The van der Waals surface area contributed by atoms with E-state index in [0.29, 0.717) is 17.3 Å². The number of benzene rings is 1. The van der Waals surface area contributed by atoms with E-state index in [-0.39, 0.29) is 11.3 Å². The van der Waals surface area contributed by atoms with Crippen molar-refractivity contribution in [1.82, 2.24) is 5.32 Å². The number of hydrogen-bond acceptors (Lipinski definition) is 4. The van der Waals surface area contributed by atoms with Crippen molar-refractivity contribution in [3.05, 3.63) is 45.1 Å². The lowest BCUT2D eigenvalue weighted by Gasteiger charge is -2.07. The molecule has 0 atom stereocenters. The van der Waals surface area contributed by atoms with E-state index in [1.807, 2.05) is 12.1 Å². The number of para-hydroxylation sites is 1. The van der Waals surface area contributed by atoms with Crippen LogP contribution < -0.4 is 5.32 Å². The van der Waals surface area contributed by atoms with Crippen LogP contribution in [0.3, 0.4) is 0 Å². The highest BCUT2D eigenvalue weighted by molar-refractivity contribution is 7.16. The first kappa shape index (κ1) is 13.7. The van der Waals surface area contributed by atoms with Crippen LogP contribution in [0.1, 0.15) is 15.2 Å². The Morgan fingerprint density at radius 3 is 2.74 bits per heavy atom. The molecule has 0 saturated carbocycles. The molecule has 6 heteroatoms. The number of halogens is 1. The molecule has 0 aliphatic rings. The maximum atomic E-state index is 11.8. The van der Waals surface area contributed by atoms with Crippen LogP contribution in [0.4, 0.5) is 0 Å². The third-order valence-electron chi connectivity index (χ3n) is 2.55. The zero-order valence-electron chi connectivity index (χ0n) is 9.89. The summed E-state index contributed by atoms with van der Waals surface area (Å²) in [5, 5.41) is 21.6. The number of phenolic OH excluding ortho intramolecular Hbond substituents is 2. The summed E-state index contributed by atoms with van der Waals surface area (Å²) in [4.78, 5) is 12.9. The quantitative estimate of drug-likeness (QED) is 0.760. The first-order valence-electron chi connectivity index (χ1n) is 5.61. The first-order valence-corrected chi connectivity index (χ1v) is 6.80. The number of amides is 1. The Kier molecular flexibility index (Phi) is 4.29. The van der Waals surface area contributed by atoms with E-state index < -0.39 is 11.7 Å². The third-order valence-corrected chi connectivity index (χ3v) is 3.84. The molecule has 2 aromatic rings. The Morgan fingerprint density at radius 1 is 1.26 bits per heavy atom. The van der Waals surface area contributed by atoms with Gasteiger partial charge in [-0.2, -0.15) is 0 Å². The normalized spacial score (nSPS) is 10.4. The Balaban J connectivity index is 1.93. The number of thiophene rings is 1. The summed E-state index contributed by atoms with van der Waals surface area (Å²) in [6, 6.07) is 7.99. The molecule has 0 unspecified atom stereocenters. The third kappa shape index (κ3) is 3.39. The molecule has 0 aliphatic heterocycles. The second-order valence-electron chi connectivity index (χ2n) is 3.89. The summed E-state index contributed by atoms with van der Waals surface area (Å²) < 4.78 is 0.715. The van der Waals surface area contributed by atoms with E-state index in [0.717, 1.165) is 4.88 Å². The highest BCUT2D eigenvalue weighted by Crippen LogP contribution is 2.28. The minimum absolute atomic E-state index is 0.0595. The average molecular weight is 298 g/mol. The predicted molar refractivity (Wildman–Crippen MR) is 75.1 cm³/mol. The van der Waals surface area contributed by atoms with E-state index >= 15 is 0 Å². The molecule has 4 nitrogen and oxygen atoms in total. The van der Waals surface area contributed by atoms with Gasteiger partial charge in [-0.15, -0.1) is 11.3 Å². The molecule has 0 aliphatic carbocycles. The van der Waals surface area contributed by atoms with Crippen molar-refractivity contribution in [2.45, 2.75) is 6.42 Å². The van der Waals surface area contributed by atoms with E-state index in [2.05, 4.69) is 5.32 Å². The fourth-order valence-corrected chi connectivity index (χ4v) is 2.68. The van der Waals surface area contributed by atoms with Gasteiger partial charge < -0.3 is 15.5 Å². The van der Waals surface area contributed by atoms with Crippen molar-refractivity contribution < 1.29 is 15.0 Å². The van der Waals surface area contributed by atoms with Gasteiger partial charge in [0.25, 0.3) is 5.91 Å². The maximum absolute atomic E-state index is 11.8. The minimum Gasteiger partial charge on any atom is -0.504 e. The molecular weight excluding hydrogens is 286 g/mol. The predicted octanol–water partition coefficient (Wildman–Crippen LogP) is 2.79. The molecule has 1 heterocycles. The van der Waals surface area contributed by atoms with Gasteiger partial charge in [0.15, 0.2) is 11.5 Å². The van der Waals surface area contributed by atoms with Crippen LogP contribution in [0.2, 0.25) is 4.34 Å². The topological polar surface area (TPSA) is 69.6 Å². The van der Waals surface area contributed by atoms with Crippen LogP contribution in [-0.2, 0) is 6.42 Å². The summed E-state index contributed by atoms with van der Waals surface area (Å²) in [6.45, 7) is 0.435. The average Bonchev–Trinajstić information content (AvgIpc) is 2.78. The molecule has 0 saturated heterocycles. The number of carbonyl (C=O) groups excluding carboxylic acids is 1. The number of phenols is 2. The van der Waals surface area contributed by atoms with Crippen LogP contribution in [0.25, 0.3) is 0 Å². The molecule has 1 amide bonds. The summed E-state index contributed by atoms with van der Waals surface area (Å²) in [6.07, 6.45) is 0.669. The Hall–Kier alpha value is -1.72. The molecule has 0 bridgehead atoms. The van der Waals surface area contributed by atoms with Gasteiger partial charge in [-0.3, -0.25) is 4.79 Å². The molecule has 1 aromatic carbocycles. The second kappa shape index (κ2) is 5.95. The van der Waals surface area contributed by atoms with E-state index in [1.165, 1.54) is 29.5 Å². The highest BCUT2D eigenvalue weighted by Gasteiger charge is 2.13. The lowest BCUT2D eigenvalue weighted by Crippen LogP contribution is -2.25. The molecule has 0 radical (unpaired) electrons. The fraction of sp³-hybridized carbons (Fsp3) is 0.154. The van der Waals surface area contributed by atoms with Crippen LogP contribution >= 0.6 is 22.9 Å². The lowest BCUT2D eigenvalue weighted by molar-refractivity contribution is 0.0951. The smallest absolute Gasteiger partial charge is 0.255 e. The number of rotatable bonds is 4. The molecule has 2 rings (SSSR count). The SMILES string of the molecule is O=C(NCCc1ccc(Cl)s1)c1cccc(O)c1O. The highest BCUT2D eigenvalue weighted by atomic mass is 35.5. The number of aromatic hydroxyl groups is 2. The summed E-state index contributed by atoms with van der Waals surface area (Å²) in [5.74, 6) is -1.13. The van der Waals surface area contributed by atoms with Gasteiger partial charge in [-0.1, -0.05) is 17.7 Å². The Labute approximate surface area is 119 Å². The van der Waals surface area contributed by atoms with Crippen LogP contribution in [0.5, 0.6) is 11.5 Å². The molecular formula is C13H12ClNO3S. The maximum Gasteiger partial charge on any atom is 0.255 e. The molecule has 0 fully saturated rings. The molecule has 100 valence electrons. The summed E-state index contributed by atoms with van der Waals surface area (Å²) in [5.41, 5.74) is 0.0595. The van der Waals surface area contributed by atoms with E-state index in [9.17, 15) is 15.0 Å². The summed E-state index contributed by atoms with van der Waals surface area (Å²) in [7, 11) is 0. The standard InChI is InChI=1S/C13H12ClNO3S/c14-11-5-4-8(19-11)6-7-15-13(18)9-2-1-3-10(16)12(9)17/h1-5,16-17H,6-7H2,(H,15,18). The monoisotopic (exact) mass is 297 g/mol. The van der Waals surface area contributed by atoms with Crippen LogP contribution in [0, 0.1) is 0 Å². The molecule has 19 heavy (non-hydrogen) atoms. The largest absolute Gasteiger partial charge is 0.504 e. The Bertz CT molecular complexity index is 597. The van der Waals surface area contributed by atoms with Gasteiger partial charge in [0.05, 0.1) is 9.90 Å². The van der Waals surface area contributed by atoms with E-state index in [4.69, 9.17) is 11.6 Å². The summed E-state index contributed by atoms with van der Waals surface area (Å²) >= 11 is 7.27. The van der Waals surface area contributed by atoms with Crippen molar-refractivity contribution in [3.8, 4) is 11.5 Å². The zero-order valence-corrected chi connectivity index (χ0v) is 11.5. The van der Waals surface area contributed by atoms with Crippen molar-refractivity contribution in [2.24, 2.45) is 0 Å². The fourth-order valence-electron chi connectivity index (χ4n) is 1.60. The van der Waals surface area contributed by atoms with Gasteiger partial charge in [0, 0.05) is 11.4 Å². The van der Waals surface area contributed by atoms with Gasteiger partial charge >= 0.3 is 0 Å². The number of hydrogen-bond donors (Lipinski definition) is 3. The number of carbonyl (C=O) groups is 1. The van der Waals surface area contributed by atoms with Crippen molar-refractivity contribution >= 4 is 28.8 Å². The van der Waals surface area contributed by atoms with Crippen LogP contribution in [0.15, 0.2) is 30.3 Å². The first-order chi connectivity index (χ1) is 9.08.